The van der Waals surface area contributed by atoms with Crippen LogP contribution in [0.5, 0.6) is 0 Å². The van der Waals surface area contributed by atoms with E-state index in [0.717, 1.165) is 11.1 Å². The number of amides is 1. The molecule has 0 aliphatic heterocycles. The number of hydrogen-bond acceptors (Lipinski definition) is 3. The third-order valence-electron chi connectivity index (χ3n) is 3.82. The van der Waals surface area contributed by atoms with Crippen molar-refractivity contribution in [2.45, 2.75) is 24.3 Å². The smallest absolute Gasteiger partial charge is 0.240 e. The quantitative estimate of drug-likeness (QED) is 0.836. The molecule has 0 bridgehead atoms. The molecular weight excluding hydrogens is 324 g/mol. The monoisotopic (exact) mass is 346 g/mol. The summed E-state index contributed by atoms with van der Waals surface area (Å²) in [6.45, 7) is 0.582. The topological polar surface area (TPSA) is 66.5 Å². The van der Waals surface area contributed by atoms with Gasteiger partial charge in [0.2, 0.25) is 15.9 Å². The van der Waals surface area contributed by atoms with E-state index in [1.54, 1.807) is 36.2 Å². The molecule has 2 aromatic rings. The summed E-state index contributed by atoms with van der Waals surface area (Å²) in [6, 6.07) is 16.4. The second-order valence-corrected chi connectivity index (χ2v) is 7.47. The van der Waals surface area contributed by atoms with Crippen LogP contribution >= 0.6 is 0 Å². The van der Waals surface area contributed by atoms with Gasteiger partial charge in [0.05, 0.1) is 4.90 Å². The number of carbonyl (C=O) groups excluding carboxylic acids is 1. The zero-order chi connectivity index (χ0) is 17.6. The Morgan fingerprint density at radius 1 is 1.00 bits per heavy atom. The fourth-order valence-electron chi connectivity index (χ4n) is 2.34. The van der Waals surface area contributed by atoms with Crippen molar-refractivity contribution < 1.29 is 13.2 Å². The van der Waals surface area contributed by atoms with E-state index >= 15 is 0 Å². The average molecular weight is 346 g/mol. The lowest BCUT2D eigenvalue weighted by Crippen LogP contribution is -2.26. The molecule has 5 nitrogen and oxygen atoms in total. The molecule has 6 heteroatoms. The largest absolute Gasteiger partial charge is 0.341 e. The molecule has 1 N–H and O–H groups in total. The molecule has 24 heavy (non-hydrogen) atoms. The first-order chi connectivity index (χ1) is 11.4. The van der Waals surface area contributed by atoms with Gasteiger partial charge in [0, 0.05) is 20.0 Å². The standard InChI is InChI=1S/C18H22N2O3S/c1-19-24(22,23)17-11-8-15(9-12-17)10-13-18(21)20(2)14-16-6-4-3-5-7-16/h3-9,11-12,19H,10,13-14H2,1-2H3. The summed E-state index contributed by atoms with van der Waals surface area (Å²) in [5, 5.41) is 0. The van der Waals surface area contributed by atoms with Gasteiger partial charge in [0.15, 0.2) is 0 Å². The Labute approximate surface area is 143 Å². The second-order valence-electron chi connectivity index (χ2n) is 5.59. The lowest BCUT2D eigenvalue weighted by molar-refractivity contribution is -0.130. The number of nitrogens with one attached hydrogen (secondary N) is 1. The lowest BCUT2D eigenvalue weighted by atomic mass is 10.1. The predicted octanol–water partition coefficient (Wildman–Crippen LogP) is 2.19. The van der Waals surface area contributed by atoms with Crippen molar-refractivity contribution in [3.05, 3.63) is 65.7 Å². The molecule has 0 spiro atoms. The van der Waals surface area contributed by atoms with Gasteiger partial charge in [0.25, 0.3) is 0 Å². The number of carbonyl (C=O) groups is 1. The predicted molar refractivity (Wildman–Crippen MR) is 93.9 cm³/mol. The van der Waals surface area contributed by atoms with Gasteiger partial charge in [-0.1, -0.05) is 42.5 Å². The molecule has 0 heterocycles. The zero-order valence-corrected chi connectivity index (χ0v) is 14.7. The summed E-state index contributed by atoms with van der Waals surface area (Å²) in [7, 11) is -0.250. The van der Waals surface area contributed by atoms with Gasteiger partial charge < -0.3 is 4.90 Å². The summed E-state index contributed by atoms with van der Waals surface area (Å²) in [5.74, 6) is 0.0609. The highest BCUT2D eigenvalue weighted by molar-refractivity contribution is 7.89. The highest BCUT2D eigenvalue weighted by Gasteiger charge is 2.12. The summed E-state index contributed by atoms with van der Waals surface area (Å²) in [6.07, 6.45) is 0.972. The van der Waals surface area contributed by atoms with E-state index in [-0.39, 0.29) is 10.8 Å². The molecule has 2 aromatic carbocycles. The number of rotatable bonds is 7. The van der Waals surface area contributed by atoms with Gasteiger partial charge >= 0.3 is 0 Å². The summed E-state index contributed by atoms with van der Waals surface area (Å²) < 4.78 is 25.6. The van der Waals surface area contributed by atoms with Gasteiger partial charge in [0.1, 0.15) is 0 Å². The summed E-state index contributed by atoms with van der Waals surface area (Å²) >= 11 is 0. The highest BCUT2D eigenvalue weighted by Crippen LogP contribution is 2.12. The molecule has 0 aliphatic carbocycles. The molecule has 0 unspecified atom stereocenters. The molecular formula is C18H22N2O3S. The number of hydrogen-bond donors (Lipinski definition) is 1. The Morgan fingerprint density at radius 2 is 1.62 bits per heavy atom. The van der Waals surface area contributed by atoms with Gasteiger partial charge in [-0.15, -0.1) is 0 Å². The third-order valence-corrected chi connectivity index (χ3v) is 5.25. The molecule has 0 aliphatic rings. The Balaban J connectivity index is 1.89. The van der Waals surface area contributed by atoms with E-state index in [0.29, 0.717) is 19.4 Å². The van der Waals surface area contributed by atoms with Crippen LogP contribution in [0.2, 0.25) is 0 Å². The van der Waals surface area contributed by atoms with Gasteiger partial charge in [-0.2, -0.15) is 0 Å². The van der Waals surface area contributed by atoms with Crippen LogP contribution in [0.1, 0.15) is 17.5 Å². The van der Waals surface area contributed by atoms with Crippen LogP contribution in [-0.4, -0.2) is 33.3 Å². The van der Waals surface area contributed by atoms with Gasteiger partial charge in [-0.25, -0.2) is 13.1 Å². The van der Waals surface area contributed by atoms with Crippen LogP contribution in [0.25, 0.3) is 0 Å². The zero-order valence-electron chi connectivity index (χ0n) is 13.9. The SMILES string of the molecule is CNS(=O)(=O)c1ccc(CCC(=O)N(C)Cc2ccccc2)cc1. The minimum atomic E-state index is -3.42. The maximum absolute atomic E-state index is 12.2. The average Bonchev–Trinajstić information content (AvgIpc) is 2.60. The number of nitrogens with zero attached hydrogens (tertiary/aromatic N) is 1. The van der Waals surface area contributed by atoms with E-state index < -0.39 is 10.0 Å². The Kier molecular flexibility index (Phi) is 6.11. The van der Waals surface area contributed by atoms with Crippen molar-refractivity contribution >= 4 is 15.9 Å². The van der Waals surface area contributed by atoms with E-state index in [2.05, 4.69) is 4.72 Å². The van der Waals surface area contributed by atoms with E-state index in [1.807, 2.05) is 30.3 Å². The van der Waals surface area contributed by atoms with Crippen molar-refractivity contribution in [1.29, 1.82) is 0 Å². The first-order valence-electron chi connectivity index (χ1n) is 7.73. The van der Waals surface area contributed by atoms with Crippen molar-refractivity contribution in [2.24, 2.45) is 0 Å². The summed E-state index contributed by atoms with van der Waals surface area (Å²) in [4.78, 5) is 14.1. The molecule has 0 fully saturated rings. The summed E-state index contributed by atoms with van der Waals surface area (Å²) in [5.41, 5.74) is 2.03. The Bertz CT molecular complexity index is 772. The highest BCUT2D eigenvalue weighted by atomic mass is 32.2. The van der Waals surface area contributed by atoms with Crippen molar-refractivity contribution in [3.63, 3.8) is 0 Å². The third kappa shape index (κ3) is 4.91. The van der Waals surface area contributed by atoms with Crippen LogP contribution in [0, 0.1) is 0 Å². The maximum Gasteiger partial charge on any atom is 0.240 e. The first kappa shape index (κ1) is 18.2. The van der Waals surface area contributed by atoms with Crippen molar-refractivity contribution in [3.8, 4) is 0 Å². The second kappa shape index (κ2) is 8.08. The Morgan fingerprint density at radius 3 is 2.21 bits per heavy atom. The number of benzene rings is 2. The fourth-order valence-corrected chi connectivity index (χ4v) is 3.07. The normalized spacial score (nSPS) is 11.2. The maximum atomic E-state index is 12.2. The van der Waals surface area contributed by atoms with Crippen LogP contribution in [0.15, 0.2) is 59.5 Å². The van der Waals surface area contributed by atoms with Crippen LogP contribution in [-0.2, 0) is 27.8 Å². The minimum absolute atomic E-state index is 0.0609. The van der Waals surface area contributed by atoms with Crippen LogP contribution in [0.4, 0.5) is 0 Å². The van der Waals surface area contributed by atoms with Gasteiger partial charge in [-0.3, -0.25) is 4.79 Å². The van der Waals surface area contributed by atoms with Crippen molar-refractivity contribution in [2.75, 3.05) is 14.1 Å². The van der Waals surface area contributed by atoms with E-state index in [4.69, 9.17) is 0 Å². The first-order valence-corrected chi connectivity index (χ1v) is 9.21. The van der Waals surface area contributed by atoms with Gasteiger partial charge in [-0.05, 0) is 36.7 Å². The molecule has 0 saturated heterocycles. The van der Waals surface area contributed by atoms with E-state index in [1.165, 1.54) is 7.05 Å². The molecule has 0 atom stereocenters. The molecule has 1 amide bonds. The molecule has 0 saturated carbocycles. The van der Waals surface area contributed by atoms with Crippen LogP contribution in [0.3, 0.4) is 0 Å². The number of sulfonamides is 1. The van der Waals surface area contributed by atoms with Crippen LogP contribution < -0.4 is 4.72 Å². The molecule has 2 rings (SSSR count). The lowest BCUT2D eigenvalue weighted by Gasteiger charge is -2.17. The molecule has 128 valence electrons. The van der Waals surface area contributed by atoms with Crippen molar-refractivity contribution in [1.82, 2.24) is 9.62 Å². The van der Waals surface area contributed by atoms with E-state index in [9.17, 15) is 13.2 Å². The molecule has 0 aromatic heterocycles. The minimum Gasteiger partial charge on any atom is -0.341 e. The number of aryl methyl sites for hydroxylation is 1. The molecule has 0 radical (unpaired) electrons. The Hall–Kier alpha value is -2.18. The fraction of sp³-hybridized carbons (Fsp3) is 0.278.